The largest absolute Gasteiger partial charge is 0.481 e. The van der Waals surface area contributed by atoms with Gasteiger partial charge in [0.05, 0.1) is 12.5 Å². The molecule has 0 aromatic carbocycles. The van der Waals surface area contributed by atoms with Crippen molar-refractivity contribution in [3.8, 4) is 0 Å². The Kier molecular flexibility index (Phi) is 8.99. The highest BCUT2D eigenvalue weighted by molar-refractivity contribution is 5.92. The SMILES string of the molecule is CC12CCC(=O)C=C1CCC1C2C(O)CC2(C)C1CCC2(O)C(=O)COC(=O)CCC(=O)NC(CCC(=O)O)C(=O)O. The monoisotopic (exact) mass is 591 g/mol. The summed E-state index contributed by atoms with van der Waals surface area (Å²) in [5.41, 5.74) is -1.95. The average Bonchev–Trinajstić information content (AvgIpc) is 3.19. The Morgan fingerprint density at radius 1 is 1.05 bits per heavy atom. The van der Waals surface area contributed by atoms with Crippen LogP contribution in [0, 0.1) is 28.6 Å². The van der Waals surface area contributed by atoms with Crippen LogP contribution in [0.15, 0.2) is 11.6 Å². The number of fused-ring (bicyclic) bond motifs is 5. The number of ketones is 2. The van der Waals surface area contributed by atoms with E-state index in [9.17, 15) is 39.0 Å². The number of aliphatic hydroxyl groups is 2. The van der Waals surface area contributed by atoms with Crippen molar-refractivity contribution in [1.29, 1.82) is 0 Å². The van der Waals surface area contributed by atoms with Crippen LogP contribution >= 0.6 is 0 Å². The number of carbonyl (C=O) groups excluding carboxylic acids is 4. The molecule has 12 nitrogen and oxygen atoms in total. The highest BCUT2D eigenvalue weighted by atomic mass is 16.5. The molecule has 0 aromatic rings. The fourth-order valence-corrected chi connectivity index (χ4v) is 8.50. The number of hydrogen-bond acceptors (Lipinski definition) is 9. The van der Waals surface area contributed by atoms with E-state index < -0.39 is 78.6 Å². The lowest BCUT2D eigenvalue weighted by molar-refractivity contribution is -0.184. The molecule has 0 spiro atoms. The number of Topliss-reactive ketones (excluding diaryl/α,β-unsaturated/α-hetero) is 1. The maximum atomic E-state index is 13.4. The van der Waals surface area contributed by atoms with Crippen LogP contribution in [0.2, 0.25) is 0 Å². The summed E-state index contributed by atoms with van der Waals surface area (Å²) < 4.78 is 5.09. The molecule has 3 saturated carbocycles. The van der Waals surface area contributed by atoms with Crippen molar-refractivity contribution in [2.24, 2.45) is 28.6 Å². The number of rotatable bonds is 11. The first-order valence-corrected chi connectivity index (χ1v) is 14.7. The second kappa shape index (κ2) is 11.9. The quantitative estimate of drug-likeness (QED) is 0.218. The summed E-state index contributed by atoms with van der Waals surface area (Å²) in [6.07, 6.45) is 2.91. The average molecular weight is 592 g/mol. The first-order chi connectivity index (χ1) is 19.6. The van der Waals surface area contributed by atoms with Gasteiger partial charge in [-0.3, -0.25) is 24.0 Å². The lowest BCUT2D eigenvalue weighted by Crippen LogP contribution is -2.62. The number of allylic oxidation sites excluding steroid dienone is 1. The van der Waals surface area contributed by atoms with Crippen LogP contribution in [0.4, 0.5) is 0 Å². The van der Waals surface area contributed by atoms with Crippen molar-refractivity contribution in [2.45, 2.75) is 102 Å². The van der Waals surface area contributed by atoms with Crippen LogP contribution in [0.3, 0.4) is 0 Å². The number of ether oxygens (including phenoxy) is 1. The first-order valence-electron chi connectivity index (χ1n) is 14.7. The van der Waals surface area contributed by atoms with Crippen LogP contribution in [0.5, 0.6) is 0 Å². The summed E-state index contributed by atoms with van der Waals surface area (Å²) in [7, 11) is 0. The summed E-state index contributed by atoms with van der Waals surface area (Å²) in [4.78, 5) is 71.8. The highest BCUT2D eigenvalue weighted by Crippen LogP contribution is 2.67. The van der Waals surface area contributed by atoms with Crippen LogP contribution in [0.1, 0.15) is 84.5 Å². The molecule has 0 saturated heterocycles. The van der Waals surface area contributed by atoms with Gasteiger partial charge < -0.3 is 30.5 Å². The van der Waals surface area contributed by atoms with E-state index in [1.165, 1.54) is 0 Å². The van der Waals surface area contributed by atoms with E-state index in [1.807, 2.05) is 6.92 Å². The van der Waals surface area contributed by atoms with Crippen molar-refractivity contribution in [3.05, 3.63) is 11.6 Å². The second-order valence-corrected chi connectivity index (χ2v) is 13.0. The minimum atomic E-state index is -1.81. The number of aliphatic hydroxyl groups excluding tert-OH is 1. The normalized spacial score (nSPS) is 36.0. The predicted molar refractivity (Wildman–Crippen MR) is 145 cm³/mol. The molecular weight excluding hydrogens is 550 g/mol. The summed E-state index contributed by atoms with van der Waals surface area (Å²) in [5.74, 6) is -4.86. The lowest BCUT2D eigenvalue weighted by atomic mass is 9.45. The number of carboxylic acid groups (broad SMARTS) is 2. The van der Waals surface area contributed by atoms with Crippen molar-refractivity contribution < 1.29 is 53.9 Å². The maximum absolute atomic E-state index is 13.4. The molecule has 42 heavy (non-hydrogen) atoms. The van der Waals surface area contributed by atoms with E-state index in [4.69, 9.17) is 14.9 Å². The van der Waals surface area contributed by atoms with Gasteiger partial charge >= 0.3 is 17.9 Å². The third-order valence-corrected chi connectivity index (χ3v) is 10.7. The molecule has 232 valence electrons. The molecule has 4 aliphatic carbocycles. The Hall–Kier alpha value is -3.12. The van der Waals surface area contributed by atoms with Crippen molar-refractivity contribution in [3.63, 3.8) is 0 Å². The summed E-state index contributed by atoms with van der Waals surface area (Å²) >= 11 is 0. The van der Waals surface area contributed by atoms with Crippen molar-refractivity contribution >= 4 is 35.4 Å². The molecule has 3 fully saturated rings. The zero-order valence-electron chi connectivity index (χ0n) is 24.1. The molecule has 8 unspecified atom stereocenters. The Labute approximate surface area is 243 Å². The van der Waals surface area contributed by atoms with Crippen LogP contribution in [-0.4, -0.2) is 80.2 Å². The fourth-order valence-electron chi connectivity index (χ4n) is 8.50. The number of carboxylic acids is 2. The summed E-state index contributed by atoms with van der Waals surface area (Å²) in [6, 6.07) is -1.42. The third kappa shape index (κ3) is 5.75. The van der Waals surface area contributed by atoms with Gasteiger partial charge in [-0.2, -0.15) is 0 Å². The molecule has 0 radical (unpaired) electrons. The number of esters is 1. The Morgan fingerprint density at radius 2 is 1.76 bits per heavy atom. The second-order valence-electron chi connectivity index (χ2n) is 13.0. The van der Waals surface area contributed by atoms with Gasteiger partial charge in [-0.1, -0.05) is 19.4 Å². The molecule has 0 aromatic heterocycles. The van der Waals surface area contributed by atoms with Gasteiger partial charge in [0.25, 0.3) is 0 Å². The predicted octanol–water partition coefficient (Wildman–Crippen LogP) is 1.55. The first kappa shape index (κ1) is 31.8. The van der Waals surface area contributed by atoms with Gasteiger partial charge in [0, 0.05) is 24.7 Å². The molecule has 1 amide bonds. The minimum Gasteiger partial charge on any atom is -0.481 e. The standard InChI is InChI=1S/C30H41NO11/c1-28-11-9-17(32)13-16(28)3-4-18-19-10-12-30(41,29(19,2)14-21(33)26(18)28)22(34)15-42-25(38)8-6-23(35)31-20(27(39)40)5-7-24(36)37/h13,18-21,26,33,41H,3-12,14-15H2,1-2H3,(H,31,35)(H,36,37)(H,39,40). The Balaban J connectivity index is 1.34. The van der Waals surface area contributed by atoms with E-state index in [-0.39, 0.29) is 48.2 Å². The fraction of sp³-hybridized carbons (Fsp3) is 0.733. The number of nitrogens with one attached hydrogen (secondary N) is 1. The van der Waals surface area contributed by atoms with Gasteiger partial charge in [0.1, 0.15) is 11.6 Å². The van der Waals surface area contributed by atoms with E-state index >= 15 is 0 Å². The van der Waals surface area contributed by atoms with Crippen molar-refractivity contribution in [1.82, 2.24) is 5.32 Å². The molecule has 0 aliphatic heterocycles. The molecule has 8 atom stereocenters. The molecule has 5 N–H and O–H groups in total. The van der Waals surface area contributed by atoms with E-state index in [1.54, 1.807) is 6.08 Å². The minimum absolute atomic E-state index is 0.0291. The summed E-state index contributed by atoms with van der Waals surface area (Å²) in [5, 5.41) is 43.3. The van der Waals surface area contributed by atoms with E-state index in [2.05, 4.69) is 12.2 Å². The van der Waals surface area contributed by atoms with Gasteiger partial charge in [0.15, 0.2) is 12.4 Å². The smallest absolute Gasteiger partial charge is 0.326 e. The Bertz CT molecular complexity index is 1200. The molecule has 0 heterocycles. The zero-order chi connectivity index (χ0) is 31.0. The Morgan fingerprint density at radius 3 is 2.43 bits per heavy atom. The van der Waals surface area contributed by atoms with Gasteiger partial charge in [-0.15, -0.1) is 0 Å². The van der Waals surface area contributed by atoms with Gasteiger partial charge in [0.2, 0.25) is 11.7 Å². The molecule has 4 rings (SSSR count). The van der Waals surface area contributed by atoms with Crippen LogP contribution < -0.4 is 5.32 Å². The molecule has 0 bridgehead atoms. The maximum Gasteiger partial charge on any atom is 0.326 e. The van der Waals surface area contributed by atoms with E-state index in [0.29, 0.717) is 19.3 Å². The number of aliphatic carboxylic acids is 2. The van der Waals surface area contributed by atoms with Gasteiger partial charge in [-0.05, 0) is 74.2 Å². The number of carbonyl (C=O) groups is 6. The molecular formula is C30H41NO11. The number of amides is 1. The molecule has 4 aliphatic rings. The topological polar surface area (TPSA) is 205 Å². The lowest BCUT2D eigenvalue weighted by Gasteiger charge is -2.60. The van der Waals surface area contributed by atoms with Crippen LogP contribution in [0.25, 0.3) is 0 Å². The summed E-state index contributed by atoms with van der Waals surface area (Å²) in [6.45, 7) is 3.25. The zero-order valence-corrected chi connectivity index (χ0v) is 24.1. The van der Waals surface area contributed by atoms with Gasteiger partial charge in [-0.25, -0.2) is 4.79 Å². The highest BCUT2D eigenvalue weighted by Gasteiger charge is 2.68. The van der Waals surface area contributed by atoms with Crippen LogP contribution in [-0.2, 0) is 33.5 Å². The van der Waals surface area contributed by atoms with E-state index in [0.717, 1.165) is 18.4 Å². The van der Waals surface area contributed by atoms with Crippen molar-refractivity contribution in [2.75, 3.05) is 6.61 Å². The third-order valence-electron chi connectivity index (χ3n) is 10.7. The molecule has 12 heteroatoms. The number of hydrogen-bond donors (Lipinski definition) is 5.